The first kappa shape index (κ1) is 16.9. The summed E-state index contributed by atoms with van der Waals surface area (Å²) in [6, 6.07) is 6.84. The molecule has 2 aliphatic heterocycles. The number of ketones is 1. The van der Waals surface area contributed by atoms with Gasteiger partial charge in [0.1, 0.15) is 0 Å². The van der Waals surface area contributed by atoms with Crippen LogP contribution in [0.5, 0.6) is 0 Å². The summed E-state index contributed by atoms with van der Waals surface area (Å²) in [6.45, 7) is 0.506. The Hall–Kier alpha value is -2.50. The number of anilines is 1. The molecule has 0 radical (unpaired) electrons. The van der Waals surface area contributed by atoms with Crippen molar-refractivity contribution in [1.29, 1.82) is 0 Å². The summed E-state index contributed by atoms with van der Waals surface area (Å²) in [5.41, 5.74) is 0.688. The van der Waals surface area contributed by atoms with Gasteiger partial charge in [-0.15, -0.1) is 0 Å². The van der Waals surface area contributed by atoms with Crippen LogP contribution in [0.25, 0.3) is 0 Å². The lowest BCUT2D eigenvalue weighted by molar-refractivity contribution is -0.140. The maximum Gasteiger partial charge on any atom is 0.236 e. The van der Waals surface area contributed by atoms with E-state index in [0.717, 1.165) is 42.7 Å². The van der Waals surface area contributed by atoms with E-state index >= 15 is 0 Å². The van der Waals surface area contributed by atoms with Gasteiger partial charge in [-0.3, -0.25) is 24.1 Å². The molecule has 6 nitrogen and oxygen atoms in total. The number of rotatable bonds is 4. The highest BCUT2D eigenvalue weighted by Crippen LogP contribution is 2.46. The number of amides is 3. The zero-order valence-corrected chi connectivity index (χ0v) is 14.7. The fourth-order valence-electron chi connectivity index (χ4n) is 4.45. The molecule has 0 unspecified atom stereocenters. The maximum atomic E-state index is 12.7. The predicted molar refractivity (Wildman–Crippen MR) is 94.6 cm³/mol. The van der Waals surface area contributed by atoms with Crippen LogP contribution in [0.3, 0.4) is 0 Å². The summed E-state index contributed by atoms with van der Waals surface area (Å²) in [4.78, 5) is 52.2. The van der Waals surface area contributed by atoms with Crippen LogP contribution in [0.2, 0.25) is 0 Å². The number of likely N-dealkylation sites (tertiary alicyclic amines) is 1. The SMILES string of the molecule is O=C(CN1C(=O)CC2(CCCC2)C1=O)c1ccc(N2CCCC2=O)cc1. The fraction of sp³-hybridized carbons (Fsp3) is 0.500. The van der Waals surface area contributed by atoms with Crippen LogP contribution in [-0.4, -0.2) is 41.5 Å². The molecule has 3 amide bonds. The number of Topliss-reactive ketones (excluding diaryl/α,β-unsaturated/α-hetero) is 1. The second-order valence-electron chi connectivity index (χ2n) is 7.57. The smallest absolute Gasteiger partial charge is 0.236 e. The van der Waals surface area contributed by atoms with Gasteiger partial charge in [0.2, 0.25) is 17.7 Å². The van der Waals surface area contributed by atoms with Crippen molar-refractivity contribution < 1.29 is 19.2 Å². The third-order valence-electron chi connectivity index (χ3n) is 5.93. The summed E-state index contributed by atoms with van der Waals surface area (Å²) in [5.74, 6) is -0.558. The summed E-state index contributed by atoms with van der Waals surface area (Å²) in [6.07, 6.45) is 5.09. The molecule has 3 fully saturated rings. The Morgan fingerprint density at radius 3 is 2.27 bits per heavy atom. The molecule has 1 aromatic rings. The highest BCUT2D eigenvalue weighted by Gasteiger charge is 2.52. The summed E-state index contributed by atoms with van der Waals surface area (Å²) < 4.78 is 0. The van der Waals surface area contributed by atoms with Crippen molar-refractivity contribution in [3.05, 3.63) is 29.8 Å². The van der Waals surface area contributed by atoms with E-state index in [0.29, 0.717) is 18.5 Å². The summed E-state index contributed by atoms with van der Waals surface area (Å²) in [7, 11) is 0. The minimum absolute atomic E-state index is 0.0965. The summed E-state index contributed by atoms with van der Waals surface area (Å²) in [5, 5.41) is 0. The number of hydrogen-bond donors (Lipinski definition) is 0. The van der Waals surface area contributed by atoms with Gasteiger partial charge in [0, 0.05) is 30.6 Å². The zero-order chi connectivity index (χ0) is 18.3. The molecule has 0 N–H and O–H groups in total. The number of benzene rings is 1. The highest BCUT2D eigenvalue weighted by molar-refractivity contribution is 6.10. The topological polar surface area (TPSA) is 74.8 Å². The minimum Gasteiger partial charge on any atom is -0.312 e. The van der Waals surface area contributed by atoms with Crippen LogP contribution in [0.4, 0.5) is 5.69 Å². The van der Waals surface area contributed by atoms with Crippen LogP contribution in [-0.2, 0) is 14.4 Å². The average molecular weight is 354 g/mol. The maximum absolute atomic E-state index is 12.7. The number of carbonyl (C=O) groups is 4. The molecule has 4 rings (SSSR count). The molecular weight excluding hydrogens is 332 g/mol. The van der Waals surface area contributed by atoms with E-state index in [4.69, 9.17) is 0 Å². The molecule has 136 valence electrons. The molecule has 26 heavy (non-hydrogen) atoms. The molecule has 1 aliphatic carbocycles. The van der Waals surface area contributed by atoms with Crippen molar-refractivity contribution in [3.63, 3.8) is 0 Å². The third kappa shape index (κ3) is 2.73. The first-order chi connectivity index (χ1) is 12.5. The van der Waals surface area contributed by atoms with E-state index in [1.54, 1.807) is 29.2 Å². The molecular formula is C20H22N2O4. The molecule has 1 spiro atoms. The van der Waals surface area contributed by atoms with Gasteiger partial charge in [-0.25, -0.2) is 0 Å². The van der Waals surface area contributed by atoms with Crippen LogP contribution in [0, 0.1) is 5.41 Å². The van der Waals surface area contributed by atoms with Gasteiger partial charge in [-0.2, -0.15) is 0 Å². The third-order valence-corrected chi connectivity index (χ3v) is 5.93. The van der Waals surface area contributed by atoms with Crippen LogP contribution in [0.15, 0.2) is 24.3 Å². The molecule has 0 aromatic heterocycles. The van der Waals surface area contributed by atoms with E-state index < -0.39 is 5.41 Å². The normalized spacial score (nSPS) is 22.1. The van der Waals surface area contributed by atoms with E-state index in [9.17, 15) is 19.2 Å². The Bertz CT molecular complexity index is 778. The molecule has 0 bridgehead atoms. The first-order valence-electron chi connectivity index (χ1n) is 9.29. The van der Waals surface area contributed by atoms with Crippen molar-refractivity contribution in [1.82, 2.24) is 4.90 Å². The molecule has 1 saturated carbocycles. The van der Waals surface area contributed by atoms with Crippen molar-refractivity contribution in [3.8, 4) is 0 Å². The lowest BCUT2D eigenvalue weighted by atomic mass is 9.84. The molecule has 6 heteroatoms. The Kier molecular flexibility index (Phi) is 4.13. The second kappa shape index (κ2) is 6.34. The van der Waals surface area contributed by atoms with Gasteiger partial charge in [-0.05, 0) is 43.5 Å². The Labute approximate surface area is 152 Å². The van der Waals surface area contributed by atoms with Gasteiger partial charge in [0.05, 0.1) is 12.0 Å². The predicted octanol–water partition coefficient (Wildman–Crippen LogP) is 2.32. The van der Waals surface area contributed by atoms with Gasteiger partial charge >= 0.3 is 0 Å². The first-order valence-corrected chi connectivity index (χ1v) is 9.29. The lowest BCUT2D eigenvalue weighted by Crippen LogP contribution is -2.38. The standard InChI is InChI=1S/C20H22N2O4/c23-16(13-22-18(25)12-20(19(22)26)9-1-2-10-20)14-5-7-15(8-6-14)21-11-3-4-17(21)24/h5-8H,1-4,9-13H2. The van der Waals surface area contributed by atoms with E-state index in [-0.39, 0.29) is 36.5 Å². The lowest BCUT2D eigenvalue weighted by Gasteiger charge is -2.20. The van der Waals surface area contributed by atoms with Gasteiger partial charge in [-0.1, -0.05) is 12.8 Å². The van der Waals surface area contributed by atoms with Crippen LogP contribution < -0.4 is 4.90 Å². The monoisotopic (exact) mass is 354 g/mol. The molecule has 2 heterocycles. The van der Waals surface area contributed by atoms with E-state index in [1.165, 1.54) is 0 Å². The minimum atomic E-state index is -0.544. The Morgan fingerprint density at radius 1 is 0.962 bits per heavy atom. The van der Waals surface area contributed by atoms with Gasteiger partial charge < -0.3 is 4.90 Å². The van der Waals surface area contributed by atoms with Crippen molar-refractivity contribution >= 4 is 29.2 Å². The molecule has 0 atom stereocenters. The van der Waals surface area contributed by atoms with Gasteiger partial charge in [0.25, 0.3) is 0 Å². The highest BCUT2D eigenvalue weighted by atomic mass is 16.2. The van der Waals surface area contributed by atoms with Crippen LogP contribution >= 0.6 is 0 Å². The molecule has 2 saturated heterocycles. The number of hydrogen-bond acceptors (Lipinski definition) is 4. The van der Waals surface area contributed by atoms with E-state index in [2.05, 4.69) is 0 Å². The number of imide groups is 1. The number of carbonyl (C=O) groups excluding carboxylic acids is 4. The number of nitrogens with zero attached hydrogens (tertiary/aromatic N) is 2. The Balaban J connectivity index is 1.46. The summed E-state index contributed by atoms with van der Waals surface area (Å²) >= 11 is 0. The van der Waals surface area contributed by atoms with Crippen LogP contribution in [0.1, 0.15) is 55.3 Å². The van der Waals surface area contributed by atoms with Crippen molar-refractivity contribution in [2.24, 2.45) is 5.41 Å². The largest absolute Gasteiger partial charge is 0.312 e. The second-order valence-corrected chi connectivity index (χ2v) is 7.57. The molecule has 3 aliphatic rings. The van der Waals surface area contributed by atoms with Crippen molar-refractivity contribution in [2.45, 2.75) is 44.9 Å². The fourth-order valence-corrected chi connectivity index (χ4v) is 4.45. The zero-order valence-electron chi connectivity index (χ0n) is 14.7. The average Bonchev–Trinajstić information content (AvgIpc) is 3.33. The van der Waals surface area contributed by atoms with Crippen molar-refractivity contribution in [2.75, 3.05) is 18.0 Å². The molecule has 1 aromatic carbocycles. The quantitative estimate of drug-likeness (QED) is 0.614. The van der Waals surface area contributed by atoms with E-state index in [1.807, 2.05) is 0 Å². The van der Waals surface area contributed by atoms with Gasteiger partial charge in [0.15, 0.2) is 5.78 Å². The Morgan fingerprint density at radius 2 is 1.65 bits per heavy atom.